The summed E-state index contributed by atoms with van der Waals surface area (Å²) in [5.41, 5.74) is 11.0. The number of nitrogens with two attached hydrogens (primary N) is 2. The molecule has 2 amide bonds. The minimum absolute atomic E-state index is 0.289. The van der Waals surface area contributed by atoms with Gasteiger partial charge in [-0.25, -0.2) is 0 Å². The maximum atomic E-state index is 12.2. The van der Waals surface area contributed by atoms with Gasteiger partial charge < -0.3 is 21.5 Å². The number of methoxy groups -OCH3 is 1. The first-order chi connectivity index (χ1) is 9.37. The number of amides is 2. The van der Waals surface area contributed by atoms with Gasteiger partial charge in [-0.3, -0.25) is 9.59 Å². The van der Waals surface area contributed by atoms with Crippen molar-refractivity contribution in [3.05, 3.63) is 23.8 Å². The van der Waals surface area contributed by atoms with Crippen molar-refractivity contribution in [1.29, 1.82) is 0 Å². The molecule has 0 atom stereocenters. The third-order valence-corrected chi connectivity index (χ3v) is 3.45. The second-order valence-electron chi connectivity index (χ2n) is 4.60. The number of carbonyl (C=O) groups is 2. The highest BCUT2D eigenvalue weighted by Gasteiger charge is 2.30. The maximum absolute atomic E-state index is 12.2. The van der Waals surface area contributed by atoms with Gasteiger partial charge in [0.15, 0.2) is 0 Å². The molecule has 0 aliphatic rings. The number of hydrogen-bond acceptors (Lipinski definition) is 4. The Bertz CT molecular complexity index is 510. The SMILES string of the molecule is CCC(N)(CC)C(=O)Nc1cc(C(N)=O)ccc1OC. The molecule has 0 spiro atoms. The number of hydrogen-bond donors (Lipinski definition) is 3. The van der Waals surface area contributed by atoms with Crippen LogP contribution in [-0.2, 0) is 4.79 Å². The van der Waals surface area contributed by atoms with E-state index in [1.54, 1.807) is 6.07 Å². The maximum Gasteiger partial charge on any atom is 0.248 e. The summed E-state index contributed by atoms with van der Waals surface area (Å²) in [5, 5.41) is 2.70. The number of benzene rings is 1. The molecule has 1 rings (SSSR count). The van der Waals surface area contributed by atoms with Crippen LogP contribution >= 0.6 is 0 Å². The molecule has 0 saturated carbocycles. The summed E-state index contributed by atoms with van der Waals surface area (Å²) in [5.74, 6) is -0.450. The molecular weight excluding hydrogens is 258 g/mol. The van der Waals surface area contributed by atoms with Crippen LogP contribution in [0.5, 0.6) is 5.75 Å². The van der Waals surface area contributed by atoms with E-state index in [1.807, 2.05) is 13.8 Å². The minimum atomic E-state index is -0.951. The second kappa shape index (κ2) is 6.38. The zero-order valence-corrected chi connectivity index (χ0v) is 12.0. The fourth-order valence-corrected chi connectivity index (χ4v) is 1.78. The molecule has 0 bridgehead atoms. The molecule has 0 unspecified atom stereocenters. The zero-order valence-electron chi connectivity index (χ0n) is 12.0. The molecule has 0 aromatic heterocycles. The van der Waals surface area contributed by atoms with E-state index in [9.17, 15) is 9.59 Å². The van der Waals surface area contributed by atoms with Gasteiger partial charge in [-0.15, -0.1) is 0 Å². The first kappa shape index (κ1) is 16.0. The fraction of sp³-hybridized carbons (Fsp3) is 0.429. The first-order valence-corrected chi connectivity index (χ1v) is 6.46. The number of nitrogens with one attached hydrogen (secondary N) is 1. The summed E-state index contributed by atoms with van der Waals surface area (Å²) >= 11 is 0. The molecule has 0 heterocycles. The van der Waals surface area contributed by atoms with Gasteiger partial charge in [0.1, 0.15) is 5.75 Å². The minimum Gasteiger partial charge on any atom is -0.495 e. The lowest BCUT2D eigenvalue weighted by molar-refractivity contribution is -0.121. The fourth-order valence-electron chi connectivity index (χ4n) is 1.78. The van der Waals surface area contributed by atoms with E-state index < -0.39 is 11.4 Å². The van der Waals surface area contributed by atoms with E-state index >= 15 is 0 Å². The first-order valence-electron chi connectivity index (χ1n) is 6.46. The van der Waals surface area contributed by atoms with Crippen molar-refractivity contribution in [2.75, 3.05) is 12.4 Å². The molecule has 110 valence electrons. The lowest BCUT2D eigenvalue weighted by Gasteiger charge is -2.25. The summed E-state index contributed by atoms with van der Waals surface area (Å²) in [6, 6.07) is 4.59. The Kier molecular flexibility index (Phi) is 5.10. The average Bonchev–Trinajstić information content (AvgIpc) is 2.46. The standard InChI is InChI=1S/C14H21N3O3/c1-4-14(16,5-2)13(19)17-10-8-9(12(15)18)6-7-11(10)20-3/h6-8H,4-5,16H2,1-3H3,(H2,15,18)(H,17,19). The van der Waals surface area contributed by atoms with E-state index in [0.29, 0.717) is 24.3 Å². The van der Waals surface area contributed by atoms with Gasteiger partial charge in [-0.05, 0) is 31.0 Å². The summed E-state index contributed by atoms with van der Waals surface area (Å²) in [7, 11) is 1.48. The zero-order chi connectivity index (χ0) is 15.3. The van der Waals surface area contributed by atoms with Crippen LogP contribution in [0.15, 0.2) is 18.2 Å². The summed E-state index contributed by atoms with van der Waals surface area (Å²) in [6.45, 7) is 3.69. The molecule has 0 aliphatic heterocycles. The lowest BCUT2D eigenvalue weighted by atomic mass is 9.93. The Hall–Kier alpha value is -2.08. The smallest absolute Gasteiger partial charge is 0.248 e. The van der Waals surface area contributed by atoms with Gasteiger partial charge in [-0.1, -0.05) is 13.8 Å². The normalized spacial score (nSPS) is 11.0. The van der Waals surface area contributed by atoms with E-state index in [1.165, 1.54) is 19.2 Å². The number of carbonyl (C=O) groups excluding carboxylic acids is 2. The van der Waals surface area contributed by atoms with Crippen molar-refractivity contribution in [2.24, 2.45) is 11.5 Å². The highest BCUT2D eigenvalue weighted by Crippen LogP contribution is 2.27. The predicted octanol–water partition coefficient (Wildman–Crippen LogP) is 1.25. The number of anilines is 1. The highest BCUT2D eigenvalue weighted by molar-refractivity contribution is 6.01. The largest absolute Gasteiger partial charge is 0.495 e. The monoisotopic (exact) mass is 279 g/mol. The summed E-state index contributed by atoms with van der Waals surface area (Å²) < 4.78 is 5.15. The summed E-state index contributed by atoms with van der Waals surface area (Å²) in [4.78, 5) is 23.4. The van der Waals surface area contributed by atoms with Gasteiger partial charge in [0.2, 0.25) is 11.8 Å². The Balaban J connectivity index is 3.10. The molecular formula is C14H21N3O3. The molecule has 1 aromatic rings. The third-order valence-electron chi connectivity index (χ3n) is 3.45. The molecule has 1 aromatic carbocycles. The van der Waals surface area contributed by atoms with Crippen molar-refractivity contribution >= 4 is 17.5 Å². The second-order valence-corrected chi connectivity index (χ2v) is 4.60. The van der Waals surface area contributed by atoms with Crippen LogP contribution in [0.25, 0.3) is 0 Å². The molecule has 0 fully saturated rings. The molecule has 6 nitrogen and oxygen atoms in total. The van der Waals surface area contributed by atoms with E-state index in [2.05, 4.69) is 5.32 Å². The van der Waals surface area contributed by atoms with E-state index in [0.717, 1.165) is 0 Å². The van der Waals surface area contributed by atoms with Crippen molar-refractivity contribution in [3.63, 3.8) is 0 Å². The molecule has 0 aliphatic carbocycles. The Morgan fingerprint density at radius 1 is 1.30 bits per heavy atom. The van der Waals surface area contributed by atoms with E-state index in [-0.39, 0.29) is 11.5 Å². The number of ether oxygens (including phenoxy) is 1. The van der Waals surface area contributed by atoms with Gasteiger partial charge in [0.05, 0.1) is 18.3 Å². The van der Waals surface area contributed by atoms with Gasteiger partial charge in [-0.2, -0.15) is 0 Å². The lowest BCUT2D eigenvalue weighted by Crippen LogP contribution is -2.50. The average molecular weight is 279 g/mol. The molecule has 0 radical (unpaired) electrons. The Morgan fingerprint density at radius 3 is 2.35 bits per heavy atom. The number of primary amides is 1. The van der Waals surface area contributed by atoms with Crippen LogP contribution in [0, 0.1) is 0 Å². The Labute approximate surface area is 118 Å². The topological polar surface area (TPSA) is 107 Å². The van der Waals surface area contributed by atoms with E-state index in [4.69, 9.17) is 16.2 Å². The molecule has 0 saturated heterocycles. The quantitative estimate of drug-likeness (QED) is 0.728. The highest BCUT2D eigenvalue weighted by atomic mass is 16.5. The molecule has 20 heavy (non-hydrogen) atoms. The van der Waals surface area contributed by atoms with Crippen LogP contribution < -0.4 is 21.5 Å². The third kappa shape index (κ3) is 3.27. The van der Waals surface area contributed by atoms with Crippen LogP contribution in [-0.4, -0.2) is 24.5 Å². The van der Waals surface area contributed by atoms with Gasteiger partial charge in [0.25, 0.3) is 0 Å². The van der Waals surface area contributed by atoms with Crippen molar-refractivity contribution in [3.8, 4) is 5.75 Å². The van der Waals surface area contributed by atoms with Gasteiger partial charge in [0, 0.05) is 5.56 Å². The van der Waals surface area contributed by atoms with Crippen molar-refractivity contribution in [1.82, 2.24) is 0 Å². The van der Waals surface area contributed by atoms with Crippen LogP contribution in [0.2, 0.25) is 0 Å². The summed E-state index contributed by atoms with van der Waals surface area (Å²) in [6.07, 6.45) is 1.01. The van der Waals surface area contributed by atoms with Crippen LogP contribution in [0.3, 0.4) is 0 Å². The molecule has 6 heteroatoms. The number of rotatable bonds is 6. The Morgan fingerprint density at radius 2 is 1.90 bits per heavy atom. The van der Waals surface area contributed by atoms with Gasteiger partial charge >= 0.3 is 0 Å². The van der Waals surface area contributed by atoms with Crippen molar-refractivity contribution in [2.45, 2.75) is 32.2 Å². The van der Waals surface area contributed by atoms with Crippen LogP contribution in [0.4, 0.5) is 5.69 Å². The van der Waals surface area contributed by atoms with Crippen LogP contribution in [0.1, 0.15) is 37.0 Å². The predicted molar refractivity (Wildman–Crippen MR) is 77.6 cm³/mol. The van der Waals surface area contributed by atoms with Crippen molar-refractivity contribution < 1.29 is 14.3 Å². The molecule has 5 N–H and O–H groups in total.